The van der Waals surface area contributed by atoms with Gasteiger partial charge in [0.2, 0.25) is 0 Å². The fourth-order valence-electron chi connectivity index (χ4n) is 10.1. The molecule has 0 aromatic heterocycles. The molecule has 6 fully saturated rings. The molecule has 6 aliphatic rings. The normalized spacial score (nSPS) is 38.0. The van der Waals surface area contributed by atoms with Crippen molar-refractivity contribution in [3.63, 3.8) is 0 Å². The van der Waals surface area contributed by atoms with E-state index in [1.54, 1.807) is 0 Å². The molecule has 0 radical (unpaired) electrons. The number of benzene rings is 1. The lowest BCUT2D eigenvalue weighted by Gasteiger charge is -2.48. The average molecular weight is 1040 g/mol. The number of hydrogen-bond donors (Lipinski definition) is 0. The van der Waals surface area contributed by atoms with Crippen molar-refractivity contribution in [2.45, 2.75) is 236 Å². The second kappa shape index (κ2) is 29.0. The van der Waals surface area contributed by atoms with E-state index in [1.165, 1.54) is 7.11 Å². The third-order valence-corrected chi connectivity index (χ3v) is 14.2. The molecule has 73 heavy (non-hydrogen) atoms. The second-order valence-electron chi connectivity index (χ2n) is 20.4. The van der Waals surface area contributed by atoms with Crippen LogP contribution >= 0.6 is 0 Å². The van der Waals surface area contributed by atoms with Crippen molar-refractivity contribution in [3.8, 4) is 0 Å². The number of unbranched alkanes of at least 4 members (excludes halogenated alkanes) is 5. The average Bonchev–Trinajstić information content (AvgIpc) is 4.04. The summed E-state index contributed by atoms with van der Waals surface area (Å²) in [5, 5.41) is 4.20. The van der Waals surface area contributed by atoms with Crippen LogP contribution < -0.4 is 0 Å². The lowest BCUT2D eigenvalue weighted by molar-refractivity contribution is -0.368. The van der Waals surface area contributed by atoms with Gasteiger partial charge >= 0.3 is 0 Å². The Kier molecular flexibility index (Phi) is 23.3. The van der Waals surface area contributed by atoms with Crippen molar-refractivity contribution < 1.29 is 80.5 Å². The van der Waals surface area contributed by atoms with E-state index in [2.05, 4.69) is 44.6 Å². The Morgan fingerprint density at radius 3 is 1.96 bits per heavy atom. The summed E-state index contributed by atoms with van der Waals surface area (Å²) in [7, 11) is 1.54. The Bertz CT molecular complexity index is 1790. The molecule has 7 unspecified atom stereocenters. The van der Waals surface area contributed by atoms with Crippen molar-refractivity contribution in [3.05, 3.63) is 46.3 Å². The summed E-state index contributed by atoms with van der Waals surface area (Å²) in [6, 6.07) is 9.07. The van der Waals surface area contributed by atoms with E-state index in [0.29, 0.717) is 33.0 Å². The van der Waals surface area contributed by atoms with Gasteiger partial charge in [-0.15, -0.1) is 0 Å². The van der Waals surface area contributed by atoms with E-state index in [-0.39, 0.29) is 26.4 Å². The molecular weight excluding hydrogens is 951 g/mol. The minimum absolute atomic E-state index is 0.139. The van der Waals surface area contributed by atoms with E-state index in [9.17, 15) is 5.53 Å². The molecule has 416 valence electrons. The fourth-order valence-corrected chi connectivity index (χ4v) is 10.1. The number of ether oxygens (including phenoxy) is 17. The van der Waals surface area contributed by atoms with Crippen molar-refractivity contribution in [2.75, 3.05) is 66.6 Å². The smallest absolute Gasteiger partial charge is 0.187 e. The van der Waals surface area contributed by atoms with Crippen molar-refractivity contribution >= 4 is 0 Å². The van der Waals surface area contributed by atoms with Crippen LogP contribution in [0.15, 0.2) is 35.4 Å². The van der Waals surface area contributed by atoms with Gasteiger partial charge < -0.3 is 80.5 Å². The highest BCUT2D eigenvalue weighted by molar-refractivity contribution is 5.18. The van der Waals surface area contributed by atoms with Crippen molar-refractivity contribution in [1.82, 2.24) is 0 Å². The predicted molar refractivity (Wildman–Crippen MR) is 264 cm³/mol. The number of fused-ring (bicyclic) bond motifs is 2. The number of hydrogen-bond acceptors (Lipinski definition) is 18. The minimum atomic E-state index is -1.07. The summed E-state index contributed by atoms with van der Waals surface area (Å²) in [6.45, 7) is 19.3. The number of methoxy groups -OCH3 is 1. The molecule has 18 atom stereocenters. The van der Waals surface area contributed by atoms with Gasteiger partial charge in [0.15, 0.2) is 37.2 Å². The van der Waals surface area contributed by atoms with Gasteiger partial charge in [-0.3, -0.25) is 0 Å². The van der Waals surface area contributed by atoms with Gasteiger partial charge in [-0.25, -0.2) is 0 Å². The van der Waals surface area contributed by atoms with Crippen LogP contribution in [0.2, 0.25) is 0 Å². The molecule has 6 heterocycles. The van der Waals surface area contributed by atoms with Crippen LogP contribution in [-0.4, -0.2) is 176 Å². The maximum Gasteiger partial charge on any atom is 0.187 e. The highest BCUT2D eigenvalue weighted by atomic mass is 16.8. The van der Waals surface area contributed by atoms with Crippen LogP contribution in [0.1, 0.15) is 131 Å². The molecule has 0 aliphatic carbocycles. The monoisotopic (exact) mass is 1040 g/mol. The predicted octanol–water partition coefficient (Wildman–Crippen LogP) is 8.21. The SMILES string of the molecule is CCCCOC[C@H]1O[C@H](OC)C(O[C@@H]2O[C@H](C)[C@H](O[C@@H]3OC[C@@H](OCCCC)C(O[C@@H]4OC[C@@]5(COCCCC)O[C@@H](c6ccccc6)OC45)C3OCCCC)C3OC(C)(C)OC32)C(OCCCC)[C@H]1N=[N+]=[N-]. The van der Waals surface area contributed by atoms with E-state index >= 15 is 0 Å². The summed E-state index contributed by atoms with van der Waals surface area (Å²) < 4.78 is 112. The van der Waals surface area contributed by atoms with Gasteiger partial charge in [0.1, 0.15) is 54.4 Å². The summed E-state index contributed by atoms with van der Waals surface area (Å²) in [6.07, 6.45) is -3.52. The van der Waals surface area contributed by atoms with Gasteiger partial charge in [0, 0.05) is 50.6 Å². The van der Waals surface area contributed by atoms with Gasteiger partial charge in [-0.05, 0) is 58.4 Å². The van der Waals surface area contributed by atoms with E-state index < -0.39 is 116 Å². The highest BCUT2D eigenvalue weighted by Gasteiger charge is 2.63. The zero-order valence-electron chi connectivity index (χ0n) is 44.9. The second-order valence-corrected chi connectivity index (χ2v) is 20.4. The first-order chi connectivity index (χ1) is 35.5. The Morgan fingerprint density at radius 1 is 0.644 bits per heavy atom. The maximum absolute atomic E-state index is 9.82. The van der Waals surface area contributed by atoms with E-state index in [1.807, 2.05) is 51.1 Å². The highest BCUT2D eigenvalue weighted by Crippen LogP contribution is 2.47. The van der Waals surface area contributed by atoms with Gasteiger partial charge in [-0.1, -0.05) is 102 Å². The molecule has 20 heteroatoms. The molecule has 1 aromatic rings. The molecule has 1 aromatic carbocycles. The number of nitrogens with zero attached hydrogens (tertiary/aromatic N) is 3. The minimum Gasteiger partial charge on any atom is -0.379 e. The Morgan fingerprint density at radius 2 is 1.27 bits per heavy atom. The molecule has 20 nitrogen and oxygen atoms in total. The molecule has 6 aliphatic heterocycles. The van der Waals surface area contributed by atoms with E-state index in [0.717, 1.165) is 69.8 Å². The first kappa shape index (κ1) is 58.5. The first-order valence-electron chi connectivity index (χ1n) is 27.4. The summed E-state index contributed by atoms with van der Waals surface area (Å²) in [5.74, 6) is -1.07. The van der Waals surface area contributed by atoms with Crippen LogP contribution in [0, 0.1) is 0 Å². The molecule has 0 bridgehead atoms. The lowest BCUT2D eigenvalue weighted by Crippen LogP contribution is -2.65. The Labute approximate surface area is 433 Å². The first-order valence-corrected chi connectivity index (χ1v) is 27.4. The molecule has 7 rings (SSSR count). The van der Waals surface area contributed by atoms with Crippen LogP contribution in [-0.2, 0) is 80.5 Å². The summed E-state index contributed by atoms with van der Waals surface area (Å²) >= 11 is 0. The summed E-state index contributed by atoms with van der Waals surface area (Å²) in [5.41, 5.74) is 9.78. The van der Waals surface area contributed by atoms with Crippen LogP contribution in [0.3, 0.4) is 0 Å². The topological polar surface area (TPSA) is 206 Å². The molecule has 0 amide bonds. The summed E-state index contributed by atoms with van der Waals surface area (Å²) in [4.78, 5) is 3.21. The zero-order valence-corrected chi connectivity index (χ0v) is 44.9. The molecule has 0 N–H and O–H groups in total. The van der Waals surface area contributed by atoms with Gasteiger partial charge in [0.05, 0.1) is 50.8 Å². The third kappa shape index (κ3) is 14.9. The number of azide groups is 1. The lowest BCUT2D eigenvalue weighted by atomic mass is 9.95. The quantitative estimate of drug-likeness (QED) is 0.0297. The van der Waals surface area contributed by atoms with Gasteiger partial charge in [-0.2, -0.15) is 0 Å². The zero-order chi connectivity index (χ0) is 51.8. The maximum atomic E-state index is 9.82. The Hall–Kier alpha value is -2.15. The van der Waals surface area contributed by atoms with Crippen LogP contribution in [0.25, 0.3) is 10.4 Å². The molecule has 0 saturated carbocycles. The van der Waals surface area contributed by atoms with Crippen molar-refractivity contribution in [2.24, 2.45) is 5.11 Å². The van der Waals surface area contributed by atoms with Crippen LogP contribution in [0.5, 0.6) is 0 Å². The van der Waals surface area contributed by atoms with Crippen molar-refractivity contribution in [1.29, 1.82) is 0 Å². The molecule has 0 spiro atoms. The number of rotatable bonds is 31. The standard InChI is InChI=1S/C53H87N3O17/c1-10-15-25-58-30-36-38(55-56-54)41(61-28-18-13-4)44(48(57-9)66-36)69-50-45-42(71-52(7,8)72-45)39(34(6)65-50)67-49-43(62-29-19-14-5)40(37(31-63-49)60-27-17-12-3)68-51-46-53(33-64-51,32-59-26-16-11-2)73-47(70-46)35-23-21-20-22-24-35/h20-24,34,36-51H,10-19,25-33H2,1-9H3/t34-,36-,37-,38+,39+,40?,41?,42?,43?,44?,45?,46?,47+,48+,49+,50+,51+,53-/m1/s1. The Balaban J connectivity index is 1.13. The van der Waals surface area contributed by atoms with Crippen LogP contribution in [0.4, 0.5) is 0 Å². The van der Waals surface area contributed by atoms with Gasteiger partial charge in [0.25, 0.3) is 0 Å². The van der Waals surface area contributed by atoms with E-state index in [4.69, 9.17) is 80.5 Å². The molecular formula is C53H87N3O17. The largest absolute Gasteiger partial charge is 0.379 e. The fraction of sp³-hybridized carbons (Fsp3) is 0.887. The molecule has 6 saturated heterocycles. The third-order valence-electron chi connectivity index (χ3n) is 14.2.